The standard InChI is InChI=1S/C19H17F2N3O/c1-11-4-5-15(21)10-17(11)22-19(25)18-12(2)23-24(13(18)3)16-8-6-14(20)7-9-16/h4-10H,1-3H3,(H,22,25). The Balaban J connectivity index is 1.96. The molecule has 128 valence electrons. The quantitative estimate of drug-likeness (QED) is 0.771. The molecule has 0 saturated carbocycles. The smallest absolute Gasteiger partial charge is 0.259 e. The number of rotatable bonds is 3. The molecule has 0 aliphatic rings. The van der Waals surface area contributed by atoms with Gasteiger partial charge in [-0.2, -0.15) is 5.10 Å². The van der Waals surface area contributed by atoms with Gasteiger partial charge in [-0.25, -0.2) is 13.5 Å². The Morgan fingerprint density at radius 2 is 1.64 bits per heavy atom. The van der Waals surface area contributed by atoms with Crippen LogP contribution in [0.15, 0.2) is 42.5 Å². The number of benzene rings is 2. The number of carbonyl (C=O) groups is 1. The second-order valence-electron chi connectivity index (χ2n) is 5.85. The van der Waals surface area contributed by atoms with E-state index in [0.717, 1.165) is 5.56 Å². The van der Waals surface area contributed by atoms with E-state index in [2.05, 4.69) is 10.4 Å². The number of hydrogen-bond acceptors (Lipinski definition) is 2. The molecule has 3 aromatic rings. The maximum Gasteiger partial charge on any atom is 0.259 e. The highest BCUT2D eigenvalue weighted by Gasteiger charge is 2.20. The molecule has 0 radical (unpaired) electrons. The molecule has 0 aliphatic carbocycles. The Morgan fingerprint density at radius 3 is 2.32 bits per heavy atom. The fourth-order valence-corrected chi connectivity index (χ4v) is 2.72. The van der Waals surface area contributed by atoms with Crippen LogP contribution in [0.3, 0.4) is 0 Å². The fraction of sp³-hybridized carbons (Fsp3) is 0.158. The van der Waals surface area contributed by atoms with Crippen LogP contribution in [0.5, 0.6) is 0 Å². The number of amides is 1. The summed E-state index contributed by atoms with van der Waals surface area (Å²) in [5, 5.41) is 7.10. The Bertz CT molecular complexity index is 946. The summed E-state index contributed by atoms with van der Waals surface area (Å²) in [4.78, 5) is 12.7. The second kappa shape index (κ2) is 6.47. The molecule has 2 aromatic carbocycles. The lowest BCUT2D eigenvalue weighted by Gasteiger charge is -2.09. The fourth-order valence-electron chi connectivity index (χ4n) is 2.72. The van der Waals surface area contributed by atoms with Crippen molar-refractivity contribution in [3.05, 3.63) is 76.6 Å². The number of nitrogens with one attached hydrogen (secondary N) is 1. The van der Waals surface area contributed by atoms with Gasteiger partial charge in [-0.15, -0.1) is 0 Å². The van der Waals surface area contributed by atoms with Crippen LogP contribution in [0.1, 0.15) is 27.3 Å². The van der Waals surface area contributed by atoms with Crippen molar-refractivity contribution < 1.29 is 13.6 Å². The lowest BCUT2D eigenvalue weighted by atomic mass is 10.1. The summed E-state index contributed by atoms with van der Waals surface area (Å²) in [6.07, 6.45) is 0. The van der Waals surface area contributed by atoms with Gasteiger partial charge in [0, 0.05) is 5.69 Å². The van der Waals surface area contributed by atoms with E-state index in [1.54, 1.807) is 43.7 Å². The van der Waals surface area contributed by atoms with Crippen molar-refractivity contribution in [1.29, 1.82) is 0 Å². The molecule has 0 atom stereocenters. The first-order chi connectivity index (χ1) is 11.9. The number of nitrogens with zero attached hydrogens (tertiary/aromatic N) is 2. The molecule has 1 heterocycles. The predicted molar refractivity (Wildman–Crippen MR) is 92.1 cm³/mol. The molecule has 25 heavy (non-hydrogen) atoms. The molecular formula is C19H17F2N3O. The first-order valence-corrected chi connectivity index (χ1v) is 7.76. The highest BCUT2D eigenvalue weighted by Crippen LogP contribution is 2.22. The number of carbonyl (C=O) groups excluding carboxylic acids is 1. The summed E-state index contributed by atoms with van der Waals surface area (Å²) in [5.74, 6) is -1.13. The predicted octanol–water partition coefficient (Wildman–Crippen LogP) is 4.33. The zero-order valence-electron chi connectivity index (χ0n) is 14.1. The van der Waals surface area contributed by atoms with E-state index in [0.29, 0.717) is 28.3 Å². The normalized spacial score (nSPS) is 10.8. The highest BCUT2D eigenvalue weighted by atomic mass is 19.1. The van der Waals surface area contributed by atoms with Crippen molar-refractivity contribution in [2.75, 3.05) is 5.32 Å². The van der Waals surface area contributed by atoms with Gasteiger partial charge >= 0.3 is 0 Å². The third kappa shape index (κ3) is 3.28. The topological polar surface area (TPSA) is 46.9 Å². The van der Waals surface area contributed by atoms with Gasteiger partial charge in [0.25, 0.3) is 5.91 Å². The molecule has 0 unspecified atom stereocenters. The molecule has 4 nitrogen and oxygen atoms in total. The average Bonchev–Trinajstić information content (AvgIpc) is 2.86. The van der Waals surface area contributed by atoms with Crippen LogP contribution < -0.4 is 5.32 Å². The summed E-state index contributed by atoms with van der Waals surface area (Å²) >= 11 is 0. The minimum absolute atomic E-state index is 0.343. The van der Waals surface area contributed by atoms with Gasteiger partial charge in [-0.3, -0.25) is 4.79 Å². The van der Waals surface area contributed by atoms with Crippen molar-refractivity contribution >= 4 is 11.6 Å². The van der Waals surface area contributed by atoms with Crippen molar-refractivity contribution in [3.63, 3.8) is 0 Å². The third-order valence-corrected chi connectivity index (χ3v) is 4.04. The van der Waals surface area contributed by atoms with Gasteiger partial charge in [-0.05, 0) is 62.7 Å². The number of aromatic nitrogens is 2. The van der Waals surface area contributed by atoms with Gasteiger partial charge in [0.1, 0.15) is 11.6 Å². The van der Waals surface area contributed by atoms with Gasteiger partial charge in [0.15, 0.2) is 0 Å². The van der Waals surface area contributed by atoms with E-state index in [-0.39, 0.29) is 11.7 Å². The molecule has 0 aliphatic heterocycles. The lowest BCUT2D eigenvalue weighted by Crippen LogP contribution is -2.15. The van der Waals surface area contributed by atoms with E-state index in [1.165, 1.54) is 24.3 Å². The van der Waals surface area contributed by atoms with Crippen LogP contribution in [0.2, 0.25) is 0 Å². The summed E-state index contributed by atoms with van der Waals surface area (Å²) in [5.41, 5.74) is 3.40. The van der Waals surface area contributed by atoms with E-state index in [1.807, 2.05) is 0 Å². The first-order valence-electron chi connectivity index (χ1n) is 7.76. The van der Waals surface area contributed by atoms with Crippen molar-refractivity contribution in [1.82, 2.24) is 9.78 Å². The van der Waals surface area contributed by atoms with Gasteiger partial charge in [-0.1, -0.05) is 6.07 Å². The summed E-state index contributed by atoms with van der Waals surface area (Å²) in [6.45, 7) is 5.27. The van der Waals surface area contributed by atoms with E-state index < -0.39 is 5.82 Å². The zero-order valence-corrected chi connectivity index (χ0v) is 14.1. The van der Waals surface area contributed by atoms with Crippen molar-refractivity contribution in [2.24, 2.45) is 0 Å². The van der Waals surface area contributed by atoms with Gasteiger partial charge in [0.2, 0.25) is 0 Å². The molecule has 0 saturated heterocycles. The number of hydrogen-bond donors (Lipinski definition) is 1. The Morgan fingerprint density at radius 1 is 1.00 bits per heavy atom. The first kappa shape index (κ1) is 16.8. The van der Waals surface area contributed by atoms with Crippen molar-refractivity contribution in [3.8, 4) is 5.69 Å². The summed E-state index contributed by atoms with van der Waals surface area (Å²) in [7, 11) is 0. The Hall–Kier alpha value is -3.02. The maximum absolute atomic E-state index is 13.4. The number of halogens is 2. The molecule has 0 fully saturated rings. The Labute approximate surface area is 144 Å². The second-order valence-corrected chi connectivity index (χ2v) is 5.85. The molecule has 0 spiro atoms. The largest absolute Gasteiger partial charge is 0.322 e. The molecule has 1 N–H and O–H groups in total. The van der Waals surface area contributed by atoms with E-state index in [4.69, 9.17) is 0 Å². The van der Waals surface area contributed by atoms with E-state index in [9.17, 15) is 13.6 Å². The van der Waals surface area contributed by atoms with Crippen LogP contribution in [0, 0.1) is 32.4 Å². The van der Waals surface area contributed by atoms with Crippen LogP contribution in [-0.4, -0.2) is 15.7 Å². The number of anilines is 1. The summed E-state index contributed by atoms with van der Waals surface area (Å²) in [6, 6.07) is 10.1. The average molecular weight is 341 g/mol. The summed E-state index contributed by atoms with van der Waals surface area (Å²) < 4.78 is 28.1. The lowest BCUT2D eigenvalue weighted by molar-refractivity contribution is 0.102. The minimum Gasteiger partial charge on any atom is -0.322 e. The molecule has 1 amide bonds. The molecular weight excluding hydrogens is 324 g/mol. The highest BCUT2D eigenvalue weighted by molar-refractivity contribution is 6.06. The molecule has 1 aromatic heterocycles. The van der Waals surface area contributed by atoms with Gasteiger partial charge < -0.3 is 5.32 Å². The molecule has 0 bridgehead atoms. The van der Waals surface area contributed by atoms with Gasteiger partial charge in [0.05, 0.1) is 22.6 Å². The zero-order chi connectivity index (χ0) is 18.1. The minimum atomic E-state index is -0.420. The molecule has 6 heteroatoms. The number of aryl methyl sites for hydroxylation is 2. The van der Waals surface area contributed by atoms with E-state index >= 15 is 0 Å². The maximum atomic E-state index is 13.4. The Kier molecular flexibility index (Phi) is 4.35. The van der Waals surface area contributed by atoms with Crippen LogP contribution in [-0.2, 0) is 0 Å². The van der Waals surface area contributed by atoms with Crippen molar-refractivity contribution in [2.45, 2.75) is 20.8 Å². The third-order valence-electron chi connectivity index (χ3n) is 4.04. The SMILES string of the molecule is Cc1ccc(F)cc1NC(=O)c1c(C)nn(-c2ccc(F)cc2)c1C. The monoisotopic (exact) mass is 341 g/mol. The van der Waals surface area contributed by atoms with Crippen LogP contribution in [0.4, 0.5) is 14.5 Å². The van der Waals surface area contributed by atoms with Crippen LogP contribution >= 0.6 is 0 Å². The van der Waals surface area contributed by atoms with Crippen LogP contribution in [0.25, 0.3) is 5.69 Å². The molecule has 3 rings (SSSR count).